The summed E-state index contributed by atoms with van der Waals surface area (Å²) in [4.78, 5) is 29.6. The van der Waals surface area contributed by atoms with Gasteiger partial charge in [-0.15, -0.1) is 11.3 Å². The van der Waals surface area contributed by atoms with Gasteiger partial charge in [0.05, 0.1) is 22.5 Å². The van der Waals surface area contributed by atoms with E-state index >= 15 is 0 Å². The van der Waals surface area contributed by atoms with E-state index in [1.807, 2.05) is 11.4 Å². The number of esters is 1. The number of carbonyl (C=O) groups is 2. The molecule has 134 valence electrons. The van der Waals surface area contributed by atoms with Crippen LogP contribution in [0.4, 0.5) is 5.82 Å². The highest BCUT2D eigenvalue weighted by molar-refractivity contribution is 7.12. The molecule has 0 aliphatic heterocycles. The number of anilines is 1. The zero-order chi connectivity index (χ0) is 19.1. The van der Waals surface area contributed by atoms with Crippen LogP contribution < -0.4 is 5.32 Å². The van der Waals surface area contributed by atoms with E-state index in [1.54, 1.807) is 54.7 Å². The Bertz CT molecular complexity index is 994. The molecule has 3 rings (SSSR count). The summed E-state index contributed by atoms with van der Waals surface area (Å²) in [5, 5.41) is 13.8. The number of nitrogens with one attached hydrogen (secondary N) is 1. The van der Waals surface area contributed by atoms with Crippen LogP contribution in [0.3, 0.4) is 0 Å². The maximum atomic E-state index is 12.6. The van der Waals surface area contributed by atoms with Crippen molar-refractivity contribution < 1.29 is 14.3 Å². The minimum absolute atomic E-state index is 0.0712. The number of carbonyl (C=O) groups excluding carboxylic acids is 2. The second kappa shape index (κ2) is 8.74. The Morgan fingerprint density at radius 1 is 1.11 bits per heavy atom. The smallest absolute Gasteiger partial charge is 0.338 e. The fourth-order valence-electron chi connectivity index (χ4n) is 2.43. The number of rotatable bonds is 7. The summed E-state index contributed by atoms with van der Waals surface area (Å²) in [6, 6.07) is 15.5. The molecule has 0 atom stereocenters. The molecule has 27 heavy (non-hydrogen) atoms. The molecule has 0 aliphatic rings. The Hall–Kier alpha value is -3.50. The van der Waals surface area contributed by atoms with Crippen molar-refractivity contribution in [2.75, 3.05) is 18.5 Å². The van der Waals surface area contributed by atoms with Gasteiger partial charge in [-0.05, 0) is 29.6 Å². The SMILES string of the molecule is N#Cc1cccnc1NCCOC(=O)c1ccccc1C(=O)c1cccs1. The number of hydrogen-bond acceptors (Lipinski definition) is 7. The minimum atomic E-state index is -0.571. The van der Waals surface area contributed by atoms with Gasteiger partial charge in [-0.1, -0.05) is 24.3 Å². The Balaban J connectivity index is 1.62. The Morgan fingerprint density at radius 2 is 1.93 bits per heavy atom. The average Bonchev–Trinajstić information content (AvgIpc) is 3.25. The van der Waals surface area contributed by atoms with Crippen molar-refractivity contribution in [2.45, 2.75) is 0 Å². The molecule has 2 aromatic heterocycles. The van der Waals surface area contributed by atoms with E-state index < -0.39 is 5.97 Å². The number of ketones is 1. The first-order chi connectivity index (χ1) is 13.2. The molecule has 7 heteroatoms. The summed E-state index contributed by atoms with van der Waals surface area (Å²) in [6.07, 6.45) is 1.57. The van der Waals surface area contributed by atoms with E-state index in [-0.39, 0.29) is 18.0 Å². The predicted molar refractivity (Wildman–Crippen MR) is 102 cm³/mol. The second-order valence-corrected chi connectivity index (χ2v) is 6.37. The van der Waals surface area contributed by atoms with Gasteiger partial charge < -0.3 is 10.1 Å². The maximum Gasteiger partial charge on any atom is 0.338 e. The van der Waals surface area contributed by atoms with Crippen molar-refractivity contribution in [1.29, 1.82) is 5.26 Å². The number of nitrogens with zero attached hydrogens (tertiary/aromatic N) is 2. The predicted octanol–water partition coefficient (Wildman–Crippen LogP) is 3.51. The van der Waals surface area contributed by atoms with Crippen LogP contribution in [0.2, 0.25) is 0 Å². The van der Waals surface area contributed by atoms with E-state index in [9.17, 15) is 9.59 Å². The van der Waals surface area contributed by atoms with Crippen molar-refractivity contribution in [3.8, 4) is 6.07 Å². The molecule has 0 aliphatic carbocycles. The van der Waals surface area contributed by atoms with Crippen LogP contribution in [0.1, 0.15) is 31.2 Å². The first-order valence-electron chi connectivity index (χ1n) is 8.14. The Labute approximate surface area is 160 Å². The van der Waals surface area contributed by atoms with Gasteiger partial charge in [0.2, 0.25) is 5.78 Å². The molecule has 0 radical (unpaired) electrons. The molecule has 0 saturated heterocycles. The molecule has 0 saturated carbocycles. The summed E-state index contributed by atoms with van der Waals surface area (Å²) in [5.41, 5.74) is 0.955. The van der Waals surface area contributed by atoms with Gasteiger partial charge in [0.1, 0.15) is 18.5 Å². The van der Waals surface area contributed by atoms with Gasteiger partial charge in [-0.25, -0.2) is 9.78 Å². The van der Waals surface area contributed by atoms with Gasteiger partial charge in [0.25, 0.3) is 0 Å². The van der Waals surface area contributed by atoms with Crippen molar-refractivity contribution in [3.05, 3.63) is 81.7 Å². The van der Waals surface area contributed by atoms with E-state index in [4.69, 9.17) is 10.00 Å². The van der Waals surface area contributed by atoms with Crippen LogP contribution in [-0.2, 0) is 4.74 Å². The van der Waals surface area contributed by atoms with Gasteiger partial charge in [-0.3, -0.25) is 4.79 Å². The number of benzene rings is 1. The van der Waals surface area contributed by atoms with Crippen molar-refractivity contribution in [1.82, 2.24) is 4.98 Å². The summed E-state index contributed by atoms with van der Waals surface area (Å²) >= 11 is 1.32. The average molecular weight is 377 g/mol. The summed E-state index contributed by atoms with van der Waals surface area (Å²) < 4.78 is 5.27. The van der Waals surface area contributed by atoms with Crippen LogP contribution in [0.15, 0.2) is 60.1 Å². The van der Waals surface area contributed by atoms with E-state index in [0.717, 1.165) is 0 Å². The van der Waals surface area contributed by atoms with Crippen LogP contribution in [0, 0.1) is 11.3 Å². The number of pyridine rings is 1. The summed E-state index contributed by atoms with van der Waals surface area (Å²) in [6.45, 7) is 0.361. The Kier molecular flexibility index (Phi) is 5.92. The lowest BCUT2D eigenvalue weighted by Gasteiger charge is -2.10. The first kappa shape index (κ1) is 18.3. The lowest BCUT2D eigenvalue weighted by molar-refractivity contribution is 0.0518. The highest BCUT2D eigenvalue weighted by Crippen LogP contribution is 2.19. The number of hydrogen-bond donors (Lipinski definition) is 1. The molecule has 0 spiro atoms. The van der Waals surface area contributed by atoms with Gasteiger partial charge >= 0.3 is 5.97 Å². The standard InChI is InChI=1S/C20H15N3O3S/c21-13-14-5-3-9-22-19(14)23-10-11-26-20(25)16-7-2-1-6-15(16)18(24)17-8-4-12-27-17/h1-9,12H,10-11H2,(H,22,23). The van der Waals surface area contributed by atoms with Crippen LogP contribution >= 0.6 is 11.3 Å². The van der Waals surface area contributed by atoms with Crippen LogP contribution in [0.5, 0.6) is 0 Å². The normalized spacial score (nSPS) is 10.0. The molecular formula is C20H15N3O3S. The summed E-state index contributed by atoms with van der Waals surface area (Å²) in [5.74, 6) is -0.342. The highest BCUT2D eigenvalue weighted by atomic mass is 32.1. The zero-order valence-electron chi connectivity index (χ0n) is 14.2. The number of aromatic nitrogens is 1. The van der Waals surface area contributed by atoms with E-state index in [2.05, 4.69) is 10.3 Å². The van der Waals surface area contributed by atoms with Crippen LogP contribution in [-0.4, -0.2) is 29.9 Å². The topological polar surface area (TPSA) is 92.1 Å². The largest absolute Gasteiger partial charge is 0.460 e. The molecule has 0 fully saturated rings. The molecule has 1 N–H and O–H groups in total. The lowest BCUT2D eigenvalue weighted by atomic mass is 10.0. The molecule has 3 aromatic rings. The number of thiophene rings is 1. The van der Waals surface area contributed by atoms with E-state index in [0.29, 0.717) is 28.4 Å². The van der Waals surface area contributed by atoms with Crippen molar-refractivity contribution in [3.63, 3.8) is 0 Å². The molecule has 0 bridgehead atoms. The quantitative estimate of drug-likeness (QED) is 0.385. The molecule has 0 unspecified atom stereocenters. The highest BCUT2D eigenvalue weighted by Gasteiger charge is 2.19. The fraction of sp³-hybridized carbons (Fsp3) is 0.100. The Morgan fingerprint density at radius 3 is 2.67 bits per heavy atom. The fourth-order valence-corrected chi connectivity index (χ4v) is 3.10. The van der Waals surface area contributed by atoms with Gasteiger partial charge in [-0.2, -0.15) is 5.26 Å². The van der Waals surface area contributed by atoms with Gasteiger partial charge in [0, 0.05) is 11.8 Å². The zero-order valence-corrected chi connectivity index (χ0v) is 15.0. The second-order valence-electron chi connectivity index (χ2n) is 5.43. The number of ether oxygens (including phenoxy) is 1. The summed E-state index contributed by atoms with van der Waals surface area (Å²) in [7, 11) is 0. The minimum Gasteiger partial charge on any atom is -0.460 e. The molecule has 0 amide bonds. The molecule has 1 aromatic carbocycles. The number of nitriles is 1. The van der Waals surface area contributed by atoms with E-state index in [1.165, 1.54) is 11.3 Å². The first-order valence-corrected chi connectivity index (χ1v) is 9.02. The third-order valence-electron chi connectivity index (χ3n) is 3.69. The molecular weight excluding hydrogens is 362 g/mol. The maximum absolute atomic E-state index is 12.6. The third-order valence-corrected chi connectivity index (χ3v) is 4.56. The monoisotopic (exact) mass is 377 g/mol. The van der Waals surface area contributed by atoms with Crippen molar-refractivity contribution >= 4 is 28.9 Å². The molecule has 2 heterocycles. The third kappa shape index (κ3) is 4.37. The molecule has 6 nitrogen and oxygen atoms in total. The van der Waals surface area contributed by atoms with Crippen LogP contribution in [0.25, 0.3) is 0 Å². The van der Waals surface area contributed by atoms with Crippen molar-refractivity contribution in [2.24, 2.45) is 0 Å². The lowest BCUT2D eigenvalue weighted by Crippen LogP contribution is -2.17. The van der Waals surface area contributed by atoms with Gasteiger partial charge in [0.15, 0.2) is 0 Å².